The Labute approximate surface area is 65.5 Å². The Balaban J connectivity index is 2.32. The lowest BCUT2D eigenvalue weighted by Crippen LogP contribution is -2.51. The molecule has 11 heavy (non-hydrogen) atoms. The maximum absolute atomic E-state index is 11.1. The Morgan fingerprint density at radius 2 is 2.45 bits per heavy atom. The number of carbonyl (C=O) groups excluding carboxylic acids is 1. The minimum atomic E-state index is -0.219. The van der Waals surface area contributed by atoms with E-state index in [9.17, 15) is 4.79 Å². The monoisotopic (exact) mass is 156 g/mol. The van der Waals surface area contributed by atoms with E-state index in [1.807, 2.05) is 0 Å². The largest absolute Gasteiger partial charge is 0.315 e. The van der Waals surface area contributed by atoms with Crippen LogP contribution in [0.3, 0.4) is 0 Å². The van der Waals surface area contributed by atoms with Crippen molar-refractivity contribution in [1.29, 1.82) is 0 Å². The summed E-state index contributed by atoms with van der Waals surface area (Å²) in [7, 11) is 0. The molecule has 4 nitrogen and oxygen atoms in total. The molecular weight excluding hydrogens is 144 g/mol. The minimum Gasteiger partial charge on any atom is -0.315 e. The van der Waals surface area contributed by atoms with Gasteiger partial charge >= 0.3 is 0 Å². The van der Waals surface area contributed by atoms with Crippen LogP contribution in [0.25, 0.3) is 0 Å². The number of nitrogens with one attached hydrogen (secondary N) is 1. The molecule has 1 saturated heterocycles. The first-order valence-electron chi connectivity index (χ1n) is 3.57. The summed E-state index contributed by atoms with van der Waals surface area (Å²) >= 11 is 0. The summed E-state index contributed by atoms with van der Waals surface area (Å²) in [6.45, 7) is 4.97. The fourth-order valence-electron chi connectivity index (χ4n) is 0.886. The predicted octanol–water partition coefficient (Wildman–Crippen LogP) is -0.390. The highest BCUT2D eigenvalue weighted by atomic mass is 16.5. The summed E-state index contributed by atoms with van der Waals surface area (Å²) in [5.74, 6) is -0.261. The van der Waals surface area contributed by atoms with Gasteiger partial charge in [-0.15, -0.1) is 6.58 Å². The fraction of sp³-hybridized carbons (Fsp3) is 0.571. The van der Waals surface area contributed by atoms with Gasteiger partial charge in [-0.2, -0.15) is 0 Å². The third kappa shape index (κ3) is 1.78. The van der Waals surface area contributed by atoms with Gasteiger partial charge in [0, 0.05) is 13.1 Å². The Bertz CT molecular complexity index is 166. The lowest BCUT2D eigenvalue weighted by atomic mass is 10.0. The van der Waals surface area contributed by atoms with Gasteiger partial charge in [0.1, 0.15) is 0 Å². The number of carbonyl (C=O) groups is 1. The Hall–Kier alpha value is -0.870. The fourth-order valence-corrected chi connectivity index (χ4v) is 0.886. The van der Waals surface area contributed by atoms with E-state index < -0.39 is 0 Å². The third-order valence-electron chi connectivity index (χ3n) is 1.69. The molecule has 0 aliphatic carbocycles. The maximum Gasteiger partial charge on any atom is 0.251 e. The summed E-state index contributed by atoms with van der Waals surface area (Å²) in [5, 5.41) is 12.7. The zero-order valence-corrected chi connectivity index (χ0v) is 6.29. The van der Waals surface area contributed by atoms with E-state index in [2.05, 4.69) is 11.9 Å². The number of nitrogens with zero attached hydrogens (tertiary/aromatic N) is 1. The lowest BCUT2D eigenvalue weighted by Gasteiger charge is -2.28. The molecule has 1 amide bonds. The van der Waals surface area contributed by atoms with Gasteiger partial charge in [0.25, 0.3) is 5.91 Å². The van der Waals surface area contributed by atoms with E-state index in [0.29, 0.717) is 18.2 Å². The van der Waals surface area contributed by atoms with Crippen molar-refractivity contribution in [3.05, 3.63) is 12.7 Å². The van der Waals surface area contributed by atoms with E-state index >= 15 is 0 Å². The molecule has 0 unspecified atom stereocenters. The van der Waals surface area contributed by atoms with Crippen LogP contribution in [0.4, 0.5) is 0 Å². The molecule has 62 valence electrons. The summed E-state index contributed by atoms with van der Waals surface area (Å²) in [6, 6.07) is 0. The first-order chi connectivity index (χ1) is 5.25. The van der Waals surface area contributed by atoms with Gasteiger partial charge in [0.05, 0.1) is 12.5 Å². The van der Waals surface area contributed by atoms with E-state index in [-0.39, 0.29) is 18.4 Å². The number of hydroxylamine groups is 2. The SMILES string of the molecule is C=CCN(O)C(=O)C1CNC1. The molecule has 0 aromatic heterocycles. The van der Waals surface area contributed by atoms with Gasteiger partial charge in [-0.3, -0.25) is 10.0 Å². The van der Waals surface area contributed by atoms with Crippen molar-refractivity contribution in [2.24, 2.45) is 5.92 Å². The summed E-state index contributed by atoms with van der Waals surface area (Å²) in [4.78, 5) is 11.1. The van der Waals surface area contributed by atoms with Crippen molar-refractivity contribution in [2.45, 2.75) is 0 Å². The quantitative estimate of drug-likeness (QED) is 0.332. The van der Waals surface area contributed by atoms with Crippen molar-refractivity contribution in [2.75, 3.05) is 19.6 Å². The molecule has 1 aliphatic rings. The maximum atomic E-state index is 11.1. The van der Waals surface area contributed by atoms with Gasteiger partial charge in [-0.1, -0.05) is 6.08 Å². The molecule has 2 N–H and O–H groups in total. The van der Waals surface area contributed by atoms with Crippen LogP contribution in [0.15, 0.2) is 12.7 Å². The van der Waals surface area contributed by atoms with Crippen LogP contribution in [0.5, 0.6) is 0 Å². The predicted molar refractivity (Wildman–Crippen MR) is 40.1 cm³/mol. The van der Waals surface area contributed by atoms with E-state index in [1.54, 1.807) is 0 Å². The van der Waals surface area contributed by atoms with Crippen molar-refractivity contribution < 1.29 is 10.0 Å². The van der Waals surface area contributed by atoms with Gasteiger partial charge in [-0.05, 0) is 0 Å². The standard InChI is InChI=1S/C7H12N2O2/c1-2-3-9(11)7(10)6-4-8-5-6/h2,6,8,11H,1,3-5H2. The summed E-state index contributed by atoms with van der Waals surface area (Å²) < 4.78 is 0. The van der Waals surface area contributed by atoms with Crippen LogP contribution in [-0.4, -0.2) is 35.8 Å². The molecule has 0 radical (unpaired) electrons. The molecule has 1 fully saturated rings. The number of amides is 1. The first-order valence-corrected chi connectivity index (χ1v) is 3.57. The zero-order chi connectivity index (χ0) is 8.27. The van der Waals surface area contributed by atoms with Gasteiger partial charge in [0.15, 0.2) is 0 Å². The molecule has 1 heterocycles. The minimum absolute atomic E-state index is 0.0417. The second-order valence-electron chi connectivity index (χ2n) is 2.56. The van der Waals surface area contributed by atoms with Crippen LogP contribution >= 0.6 is 0 Å². The highest BCUT2D eigenvalue weighted by Gasteiger charge is 2.27. The van der Waals surface area contributed by atoms with Crippen LogP contribution in [0.2, 0.25) is 0 Å². The zero-order valence-electron chi connectivity index (χ0n) is 6.29. The molecular formula is C7H12N2O2. The Morgan fingerprint density at radius 3 is 2.82 bits per heavy atom. The highest BCUT2D eigenvalue weighted by molar-refractivity contribution is 5.79. The Kier molecular flexibility index (Phi) is 2.62. The molecule has 0 spiro atoms. The molecule has 1 rings (SSSR count). The van der Waals surface area contributed by atoms with Crippen LogP contribution in [0.1, 0.15) is 0 Å². The van der Waals surface area contributed by atoms with Crippen molar-refractivity contribution in [3.8, 4) is 0 Å². The summed E-state index contributed by atoms with van der Waals surface area (Å²) in [6.07, 6.45) is 1.49. The first kappa shape index (κ1) is 8.23. The molecule has 0 aromatic carbocycles. The molecule has 1 aliphatic heterocycles. The van der Waals surface area contributed by atoms with E-state index in [1.165, 1.54) is 6.08 Å². The second kappa shape index (κ2) is 3.50. The molecule has 0 aromatic rings. The molecule has 0 bridgehead atoms. The van der Waals surface area contributed by atoms with Crippen LogP contribution in [-0.2, 0) is 4.79 Å². The van der Waals surface area contributed by atoms with Gasteiger partial charge in [-0.25, -0.2) is 5.06 Å². The normalized spacial score (nSPS) is 17.2. The number of rotatable bonds is 3. The average Bonchev–Trinajstić information content (AvgIpc) is 1.84. The third-order valence-corrected chi connectivity index (χ3v) is 1.69. The van der Waals surface area contributed by atoms with Gasteiger partial charge < -0.3 is 5.32 Å². The molecule has 0 atom stereocenters. The average molecular weight is 156 g/mol. The van der Waals surface area contributed by atoms with Crippen molar-refractivity contribution >= 4 is 5.91 Å². The summed E-state index contributed by atoms with van der Waals surface area (Å²) in [5.41, 5.74) is 0. The molecule has 4 heteroatoms. The van der Waals surface area contributed by atoms with Crippen LogP contribution < -0.4 is 5.32 Å². The number of hydrogen-bond donors (Lipinski definition) is 2. The topological polar surface area (TPSA) is 52.6 Å². The smallest absolute Gasteiger partial charge is 0.251 e. The van der Waals surface area contributed by atoms with Gasteiger partial charge in [0.2, 0.25) is 0 Å². The Morgan fingerprint density at radius 1 is 1.82 bits per heavy atom. The second-order valence-corrected chi connectivity index (χ2v) is 2.56. The van der Waals surface area contributed by atoms with E-state index in [0.717, 1.165) is 0 Å². The van der Waals surface area contributed by atoms with Crippen molar-refractivity contribution in [3.63, 3.8) is 0 Å². The van der Waals surface area contributed by atoms with Crippen molar-refractivity contribution in [1.82, 2.24) is 10.4 Å². The van der Waals surface area contributed by atoms with Crippen LogP contribution in [0, 0.1) is 5.92 Å². The highest BCUT2D eigenvalue weighted by Crippen LogP contribution is 2.05. The lowest BCUT2D eigenvalue weighted by molar-refractivity contribution is -0.169. The van der Waals surface area contributed by atoms with E-state index in [4.69, 9.17) is 5.21 Å². The molecule has 0 saturated carbocycles. The number of hydrogen-bond acceptors (Lipinski definition) is 3.